The Hall–Kier alpha value is -2.38. The number of carbonyl (C=O) groups is 2. The third-order valence-electron chi connectivity index (χ3n) is 7.24. The Bertz CT molecular complexity index is 853. The van der Waals surface area contributed by atoms with Gasteiger partial charge in [0.1, 0.15) is 12.4 Å². The van der Waals surface area contributed by atoms with Crippen molar-refractivity contribution in [3.8, 4) is 5.75 Å². The van der Waals surface area contributed by atoms with E-state index in [0.29, 0.717) is 18.8 Å². The first-order valence-corrected chi connectivity index (χ1v) is 14.1. The van der Waals surface area contributed by atoms with Gasteiger partial charge in [0.2, 0.25) is 0 Å². The third-order valence-corrected chi connectivity index (χ3v) is 7.24. The number of hydrogen-bond acceptors (Lipinski definition) is 7. The molecule has 0 amide bonds. The molecule has 1 aliphatic carbocycles. The minimum absolute atomic E-state index is 0.119. The molecule has 38 heavy (non-hydrogen) atoms. The monoisotopic (exact) mass is 532 g/mol. The van der Waals surface area contributed by atoms with E-state index in [4.69, 9.17) is 18.9 Å². The Labute approximate surface area is 228 Å². The Morgan fingerprint density at radius 2 is 1.68 bits per heavy atom. The van der Waals surface area contributed by atoms with Crippen molar-refractivity contribution in [1.82, 2.24) is 0 Å². The SMILES string of the molecule is C=C(C)C(=O)OCC(COC(=O)C(C)(C)CO)C1CCC(OCCOc2ccc(CCCCC)cc2)CC1. The van der Waals surface area contributed by atoms with E-state index in [-0.39, 0.29) is 37.8 Å². The zero-order valence-corrected chi connectivity index (χ0v) is 23.8. The molecule has 1 fully saturated rings. The van der Waals surface area contributed by atoms with Gasteiger partial charge in [-0.05, 0) is 82.9 Å². The first kappa shape index (κ1) is 31.8. The summed E-state index contributed by atoms with van der Waals surface area (Å²) in [5, 5.41) is 9.44. The van der Waals surface area contributed by atoms with Gasteiger partial charge >= 0.3 is 11.9 Å². The number of aliphatic hydroxyl groups excluding tert-OH is 1. The number of carbonyl (C=O) groups excluding carboxylic acids is 2. The van der Waals surface area contributed by atoms with Crippen LogP contribution in [0.4, 0.5) is 0 Å². The largest absolute Gasteiger partial charge is 0.491 e. The van der Waals surface area contributed by atoms with Crippen LogP contribution in [0.5, 0.6) is 5.75 Å². The summed E-state index contributed by atoms with van der Waals surface area (Å²) < 4.78 is 22.9. The molecule has 1 aromatic rings. The number of esters is 2. The molecular formula is C31H48O7. The van der Waals surface area contributed by atoms with Crippen molar-refractivity contribution < 1.29 is 33.6 Å². The predicted molar refractivity (Wildman–Crippen MR) is 148 cm³/mol. The molecule has 7 nitrogen and oxygen atoms in total. The normalized spacial score (nSPS) is 18.4. The average Bonchev–Trinajstić information content (AvgIpc) is 2.92. The fourth-order valence-corrected chi connectivity index (χ4v) is 4.50. The lowest BCUT2D eigenvalue weighted by Crippen LogP contribution is -2.36. The van der Waals surface area contributed by atoms with Gasteiger partial charge in [0, 0.05) is 11.5 Å². The molecule has 1 unspecified atom stereocenters. The molecular weight excluding hydrogens is 484 g/mol. The number of aryl methyl sites for hydroxylation is 1. The summed E-state index contributed by atoms with van der Waals surface area (Å²) in [6.45, 7) is 11.8. The zero-order valence-electron chi connectivity index (χ0n) is 23.8. The highest BCUT2D eigenvalue weighted by molar-refractivity contribution is 5.86. The molecule has 0 spiro atoms. The fraction of sp³-hybridized carbons (Fsp3) is 0.677. The van der Waals surface area contributed by atoms with Gasteiger partial charge in [0.15, 0.2) is 0 Å². The molecule has 1 aromatic carbocycles. The van der Waals surface area contributed by atoms with Crippen molar-refractivity contribution in [3.05, 3.63) is 42.0 Å². The molecule has 0 heterocycles. The van der Waals surface area contributed by atoms with Crippen LogP contribution in [0.1, 0.15) is 78.2 Å². The van der Waals surface area contributed by atoms with Gasteiger partial charge in [-0.1, -0.05) is 38.5 Å². The van der Waals surface area contributed by atoms with Gasteiger partial charge in [0.25, 0.3) is 0 Å². The standard InChI is InChI=1S/C31H48O7/c1-6-7-8-9-24-10-14-27(15-11-24)35-18-19-36-28-16-12-25(13-17-28)26(20-37-29(33)23(2)3)21-38-30(34)31(4,5)22-32/h10-11,14-15,25-26,28,32H,2,6-9,12-13,16-22H2,1,3-5H3. The van der Waals surface area contributed by atoms with E-state index in [1.807, 2.05) is 12.1 Å². The maximum absolute atomic E-state index is 12.4. The number of unbranched alkanes of at least 4 members (excludes halogenated alkanes) is 2. The predicted octanol–water partition coefficient (Wildman–Crippen LogP) is 5.67. The molecule has 0 saturated heterocycles. The Morgan fingerprint density at radius 1 is 1.03 bits per heavy atom. The van der Waals surface area contributed by atoms with Crippen molar-refractivity contribution in [2.75, 3.05) is 33.0 Å². The van der Waals surface area contributed by atoms with Crippen LogP contribution in [0.15, 0.2) is 36.4 Å². The van der Waals surface area contributed by atoms with Crippen molar-refractivity contribution >= 4 is 11.9 Å². The first-order chi connectivity index (χ1) is 18.2. The van der Waals surface area contributed by atoms with Crippen LogP contribution in [-0.2, 0) is 30.2 Å². The third kappa shape index (κ3) is 11.2. The summed E-state index contributed by atoms with van der Waals surface area (Å²) in [4.78, 5) is 24.3. The summed E-state index contributed by atoms with van der Waals surface area (Å²) in [5.74, 6) is 0.0815. The highest BCUT2D eigenvalue weighted by Crippen LogP contribution is 2.33. The van der Waals surface area contributed by atoms with E-state index in [2.05, 4.69) is 25.6 Å². The lowest BCUT2D eigenvalue weighted by molar-refractivity contribution is -0.160. The van der Waals surface area contributed by atoms with Crippen LogP contribution in [0.2, 0.25) is 0 Å². The minimum atomic E-state index is -0.969. The number of aliphatic hydroxyl groups is 1. The molecule has 7 heteroatoms. The second-order valence-corrected chi connectivity index (χ2v) is 11.1. The molecule has 2 rings (SSSR count). The maximum Gasteiger partial charge on any atom is 0.333 e. The summed E-state index contributed by atoms with van der Waals surface area (Å²) in [5.41, 5.74) is 0.714. The van der Waals surface area contributed by atoms with E-state index < -0.39 is 17.4 Å². The Kier molecular flexibility index (Phi) is 13.9. The quantitative estimate of drug-likeness (QED) is 0.157. The highest BCUT2D eigenvalue weighted by atomic mass is 16.5. The van der Waals surface area contributed by atoms with Crippen molar-refractivity contribution in [2.24, 2.45) is 17.3 Å². The highest BCUT2D eigenvalue weighted by Gasteiger charge is 2.33. The summed E-state index contributed by atoms with van der Waals surface area (Å²) >= 11 is 0. The number of hydrogen-bond donors (Lipinski definition) is 1. The molecule has 0 aromatic heterocycles. The molecule has 1 N–H and O–H groups in total. The van der Waals surface area contributed by atoms with E-state index in [0.717, 1.165) is 37.9 Å². The van der Waals surface area contributed by atoms with E-state index in [1.165, 1.54) is 24.8 Å². The van der Waals surface area contributed by atoms with Gasteiger partial charge in [-0.3, -0.25) is 4.79 Å². The molecule has 1 aliphatic rings. The lowest BCUT2D eigenvalue weighted by Gasteiger charge is -2.34. The lowest BCUT2D eigenvalue weighted by atomic mass is 9.79. The van der Waals surface area contributed by atoms with Gasteiger partial charge in [-0.25, -0.2) is 4.79 Å². The summed E-state index contributed by atoms with van der Waals surface area (Å²) in [6.07, 6.45) is 8.54. The molecule has 0 radical (unpaired) electrons. The average molecular weight is 533 g/mol. The molecule has 1 saturated carbocycles. The maximum atomic E-state index is 12.4. The van der Waals surface area contributed by atoms with Crippen molar-refractivity contribution in [2.45, 2.75) is 85.2 Å². The minimum Gasteiger partial charge on any atom is -0.491 e. The first-order valence-electron chi connectivity index (χ1n) is 14.1. The zero-order chi connectivity index (χ0) is 28.0. The van der Waals surface area contributed by atoms with Gasteiger partial charge < -0.3 is 24.1 Å². The van der Waals surface area contributed by atoms with E-state index >= 15 is 0 Å². The summed E-state index contributed by atoms with van der Waals surface area (Å²) in [7, 11) is 0. The van der Waals surface area contributed by atoms with Crippen LogP contribution in [0, 0.1) is 17.3 Å². The van der Waals surface area contributed by atoms with Gasteiger partial charge in [-0.15, -0.1) is 0 Å². The Morgan fingerprint density at radius 3 is 2.29 bits per heavy atom. The smallest absolute Gasteiger partial charge is 0.333 e. The van der Waals surface area contributed by atoms with Crippen LogP contribution < -0.4 is 4.74 Å². The summed E-state index contributed by atoms with van der Waals surface area (Å²) in [6, 6.07) is 8.34. The van der Waals surface area contributed by atoms with Gasteiger partial charge in [-0.2, -0.15) is 0 Å². The van der Waals surface area contributed by atoms with Crippen LogP contribution >= 0.6 is 0 Å². The molecule has 0 bridgehead atoms. The van der Waals surface area contributed by atoms with Crippen LogP contribution in [0.3, 0.4) is 0 Å². The van der Waals surface area contributed by atoms with Crippen LogP contribution in [0.25, 0.3) is 0 Å². The fourth-order valence-electron chi connectivity index (χ4n) is 4.50. The van der Waals surface area contributed by atoms with Crippen molar-refractivity contribution in [3.63, 3.8) is 0 Å². The molecule has 1 atom stereocenters. The van der Waals surface area contributed by atoms with Gasteiger partial charge in [0.05, 0.1) is 37.9 Å². The molecule has 214 valence electrons. The number of rotatable bonds is 17. The van der Waals surface area contributed by atoms with E-state index in [9.17, 15) is 14.7 Å². The topological polar surface area (TPSA) is 91.3 Å². The Balaban J connectivity index is 1.75. The molecule has 0 aliphatic heterocycles. The van der Waals surface area contributed by atoms with Crippen LogP contribution in [-0.4, -0.2) is 56.2 Å². The second kappa shape index (κ2) is 16.6. The van der Waals surface area contributed by atoms with Crippen molar-refractivity contribution in [1.29, 1.82) is 0 Å². The number of ether oxygens (including phenoxy) is 4. The van der Waals surface area contributed by atoms with E-state index in [1.54, 1.807) is 20.8 Å². The number of benzene rings is 1. The second-order valence-electron chi connectivity index (χ2n) is 11.1.